The van der Waals surface area contributed by atoms with Gasteiger partial charge in [-0.15, -0.1) is 0 Å². The SMILES string of the molecule is c1ccc(-c2ccc(N3c4ccccc4C4(c5ccccc5-c5ccccc54)c4ccccc43)cc2)cc1. The summed E-state index contributed by atoms with van der Waals surface area (Å²) in [5.41, 5.74) is 13.7. The van der Waals surface area contributed by atoms with Crippen LogP contribution in [0.2, 0.25) is 0 Å². The molecular weight excluding hydrogens is 458 g/mol. The minimum absolute atomic E-state index is 0.360. The number of fused-ring (bicyclic) bond motifs is 9. The van der Waals surface area contributed by atoms with Crippen molar-refractivity contribution in [1.29, 1.82) is 0 Å². The van der Waals surface area contributed by atoms with Crippen LogP contribution in [0.15, 0.2) is 152 Å². The standard InChI is InChI=1S/C37H25N/c1-2-12-26(13-3-1)27-22-24-28(25-23-27)38-35-20-10-8-18-33(35)37(34-19-9-11-21-36(34)38)31-16-6-4-14-29(31)30-15-5-7-17-32(30)37/h1-25H. The Morgan fingerprint density at radius 1 is 0.342 bits per heavy atom. The van der Waals surface area contributed by atoms with E-state index in [1.54, 1.807) is 0 Å². The van der Waals surface area contributed by atoms with Crippen LogP contribution in [0.25, 0.3) is 22.3 Å². The fraction of sp³-hybridized carbons (Fsp3) is 0.0270. The maximum Gasteiger partial charge on any atom is 0.0754 e. The van der Waals surface area contributed by atoms with Crippen LogP contribution < -0.4 is 4.90 Å². The molecule has 1 aliphatic heterocycles. The van der Waals surface area contributed by atoms with Crippen LogP contribution in [0.5, 0.6) is 0 Å². The molecule has 38 heavy (non-hydrogen) atoms. The summed E-state index contributed by atoms with van der Waals surface area (Å²) < 4.78 is 0. The fourth-order valence-electron chi connectivity index (χ4n) is 6.77. The zero-order valence-electron chi connectivity index (χ0n) is 20.9. The topological polar surface area (TPSA) is 3.24 Å². The van der Waals surface area contributed by atoms with Crippen LogP contribution in [0.4, 0.5) is 17.1 Å². The number of para-hydroxylation sites is 2. The first-order valence-corrected chi connectivity index (χ1v) is 13.2. The highest BCUT2D eigenvalue weighted by atomic mass is 15.2. The van der Waals surface area contributed by atoms with Gasteiger partial charge in [-0.2, -0.15) is 0 Å². The number of benzene rings is 6. The fourth-order valence-corrected chi connectivity index (χ4v) is 6.77. The van der Waals surface area contributed by atoms with E-state index in [4.69, 9.17) is 0 Å². The zero-order chi connectivity index (χ0) is 25.1. The molecule has 178 valence electrons. The van der Waals surface area contributed by atoms with Gasteiger partial charge in [-0.05, 0) is 68.8 Å². The van der Waals surface area contributed by atoms with Gasteiger partial charge in [-0.3, -0.25) is 0 Å². The molecule has 0 saturated carbocycles. The summed E-state index contributed by atoms with van der Waals surface area (Å²) in [5, 5.41) is 0. The molecule has 1 aliphatic carbocycles. The summed E-state index contributed by atoms with van der Waals surface area (Å²) in [5.74, 6) is 0. The molecule has 0 atom stereocenters. The van der Waals surface area contributed by atoms with Crippen molar-refractivity contribution in [2.45, 2.75) is 5.41 Å². The van der Waals surface area contributed by atoms with E-state index in [-0.39, 0.29) is 5.41 Å². The van der Waals surface area contributed by atoms with E-state index < -0.39 is 0 Å². The van der Waals surface area contributed by atoms with E-state index in [0.29, 0.717) is 0 Å². The van der Waals surface area contributed by atoms with Gasteiger partial charge in [-0.1, -0.05) is 127 Å². The highest BCUT2D eigenvalue weighted by Crippen LogP contribution is 2.63. The Labute approximate surface area is 223 Å². The van der Waals surface area contributed by atoms with Crippen LogP contribution in [0.1, 0.15) is 22.3 Å². The smallest absolute Gasteiger partial charge is 0.0754 e. The number of nitrogens with zero attached hydrogens (tertiary/aromatic N) is 1. The first-order valence-electron chi connectivity index (χ1n) is 13.2. The molecule has 6 aromatic rings. The second-order valence-electron chi connectivity index (χ2n) is 10.1. The van der Waals surface area contributed by atoms with Gasteiger partial charge in [-0.25, -0.2) is 0 Å². The monoisotopic (exact) mass is 483 g/mol. The predicted octanol–water partition coefficient (Wildman–Crippen LogP) is 9.50. The van der Waals surface area contributed by atoms with Gasteiger partial charge in [0.2, 0.25) is 0 Å². The lowest BCUT2D eigenvalue weighted by atomic mass is 9.64. The summed E-state index contributed by atoms with van der Waals surface area (Å²) in [4.78, 5) is 2.44. The van der Waals surface area contributed by atoms with Crippen molar-refractivity contribution < 1.29 is 0 Å². The lowest BCUT2D eigenvalue weighted by molar-refractivity contribution is 0.752. The van der Waals surface area contributed by atoms with E-state index in [1.165, 1.54) is 61.6 Å². The van der Waals surface area contributed by atoms with Crippen molar-refractivity contribution in [1.82, 2.24) is 0 Å². The number of rotatable bonds is 2. The maximum absolute atomic E-state index is 2.44. The van der Waals surface area contributed by atoms with E-state index >= 15 is 0 Å². The molecule has 0 saturated heterocycles. The van der Waals surface area contributed by atoms with E-state index in [1.807, 2.05) is 0 Å². The van der Waals surface area contributed by atoms with Gasteiger partial charge in [0, 0.05) is 5.69 Å². The van der Waals surface area contributed by atoms with Crippen LogP contribution in [0.3, 0.4) is 0 Å². The van der Waals surface area contributed by atoms with Gasteiger partial charge >= 0.3 is 0 Å². The van der Waals surface area contributed by atoms with Gasteiger partial charge in [0.25, 0.3) is 0 Å². The minimum atomic E-state index is -0.360. The Balaban J connectivity index is 1.41. The lowest BCUT2D eigenvalue weighted by Crippen LogP contribution is -2.36. The zero-order valence-corrected chi connectivity index (χ0v) is 20.9. The molecule has 0 fully saturated rings. The van der Waals surface area contributed by atoms with Crippen molar-refractivity contribution in [3.63, 3.8) is 0 Å². The van der Waals surface area contributed by atoms with E-state index in [9.17, 15) is 0 Å². The van der Waals surface area contributed by atoms with E-state index in [2.05, 4.69) is 157 Å². The predicted molar refractivity (Wildman–Crippen MR) is 157 cm³/mol. The molecule has 0 bridgehead atoms. The second kappa shape index (κ2) is 8.06. The van der Waals surface area contributed by atoms with Gasteiger partial charge in [0.15, 0.2) is 0 Å². The Morgan fingerprint density at radius 2 is 0.763 bits per heavy atom. The Bertz CT molecular complexity index is 1720. The molecule has 0 N–H and O–H groups in total. The third-order valence-corrected chi connectivity index (χ3v) is 8.28. The summed E-state index contributed by atoms with van der Waals surface area (Å²) in [6, 6.07) is 55.4. The van der Waals surface area contributed by atoms with Crippen LogP contribution in [0, 0.1) is 0 Å². The van der Waals surface area contributed by atoms with Gasteiger partial charge in [0.05, 0.1) is 16.8 Å². The third-order valence-electron chi connectivity index (χ3n) is 8.28. The molecule has 6 aromatic carbocycles. The highest BCUT2D eigenvalue weighted by molar-refractivity contribution is 5.95. The van der Waals surface area contributed by atoms with Gasteiger partial charge in [0.1, 0.15) is 0 Å². The average molecular weight is 484 g/mol. The van der Waals surface area contributed by atoms with E-state index in [0.717, 1.165) is 0 Å². The molecule has 0 aromatic heterocycles. The van der Waals surface area contributed by atoms with Crippen molar-refractivity contribution >= 4 is 17.1 Å². The van der Waals surface area contributed by atoms with Crippen molar-refractivity contribution in [2.75, 3.05) is 4.90 Å². The first-order chi connectivity index (χ1) is 18.9. The van der Waals surface area contributed by atoms with Crippen molar-refractivity contribution in [3.8, 4) is 22.3 Å². The van der Waals surface area contributed by atoms with Crippen LogP contribution in [-0.2, 0) is 5.41 Å². The molecule has 2 aliphatic rings. The van der Waals surface area contributed by atoms with Crippen LogP contribution >= 0.6 is 0 Å². The molecule has 1 heterocycles. The summed E-state index contributed by atoms with van der Waals surface area (Å²) in [6.45, 7) is 0. The van der Waals surface area contributed by atoms with Crippen molar-refractivity contribution in [2.24, 2.45) is 0 Å². The Hall–Kier alpha value is -4.88. The Morgan fingerprint density at radius 3 is 1.32 bits per heavy atom. The summed E-state index contributed by atoms with van der Waals surface area (Å²) in [7, 11) is 0. The molecule has 0 unspecified atom stereocenters. The van der Waals surface area contributed by atoms with Crippen molar-refractivity contribution in [3.05, 3.63) is 174 Å². The minimum Gasteiger partial charge on any atom is -0.310 e. The molecule has 1 nitrogen and oxygen atoms in total. The molecular formula is C37H25N. The summed E-state index contributed by atoms with van der Waals surface area (Å²) in [6.07, 6.45) is 0. The molecule has 8 rings (SSSR count). The third kappa shape index (κ3) is 2.76. The largest absolute Gasteiger partial charge is 0.310 e. The molecule has 0 amide bonds. The molecule has 1 spiro atoms. The highest BCUT2D eigenvalue weighted by Gasteiger charge is 2.51. The normalized spacial score (nSPS) is 13.9. The quantitative estimate of drug-likeness (QED) is 0.237. The molecule has 1 heteroatoms. The second-order valence-corrected chi connectivity index (χ2v) is 10.1. The van der Waals surface area contributed by atoms with Crippen LogP contribution in [-0.4, -0.2) is 0 Å². The Kier molecular flexibility index (Phi) is 4.50. The number of hydrogen-bond donors (Lipinski definition) is 0. The summed E-state index contributed by atoms with van der Waals surface area (Å²) >= 11 is 0. The van der Waals surface area contributed by atoms with Gasteiger partial charge < -0.3 is 4.90 Å². The lowest BCUT2D eigenvalue weighted by Gasteiger charge is -2.45. The maximum atomic E-state index is 2.44. The average Bonchev–Trinajstić information content (AvgIpc) is 3.29. The number of hydrogen-bond acceptors (Lipinski definition) is 1. The number of anilines is 3. The molecule has 0 radical (unpaired) electrons. The first kappa shape index (κ1) is 21.2.